The molecule has 0 rings (SSSR count). The Morgan fingerprint density at radius 3 is 2.36 bits per heavy atom. The van der Waals surface area contributed by atoms with Crippen molar-refractivity contribution in [3.05, 3.63) is 23.8 Å². The van der Waals surface area contributed by atoms with Crippen LogP contribution in [-0.2, 0) is 4.79 Å². The third kappa shape index (κ3) is 7.74. The van der Waals surface area contributed by atoms with Gasteiger partial charge < -0.3 is 5.11 Å². The highest BCUT2D eigenvalue weighted by Crippen LogP contribution is 2.14. The highest BCUT2D eigenvalue weighted by Gasteiger charge is 2.14. The lowest BCUT2D eigenvalue weighted by Gasteiger charge is -2.17. The minimum absolute atomic E-state index is 0.0347. The van der Waals surface area contributed by atoms with E-state index < -0.39 is 5.60 Å². The zero-order valence-corrected chi connectivity index (χ0v) is 9.50. The summed E-state index contributed by atoms with van der Waals surface area (Å²) in [4.78, 5) is 10.7. The summed E-state index contributed by atoms with van der Waals surface area (Å²) in [5.74, 6) is -0.0347. The smallest absolute Gasteiger partial charge is 0.152 e. The van der Waals surface area contributed by atoms with Crippen molar-refractivity contribution in [1.29, 1.82) is 0 Å². The lowest BCUT2D eigenvalue weighted by molar-refractivity contribution is -0.112. The van der Waals surface area contributed by atoms with Gasteiger partial charge in [-0.05, 0) is 52.7 Å². The topological polar surface area (TPSA) is 37.3 Å². The zero-order chi connectivity index (χ0) is 11.2. The fourth-order valence-corrected chi connectivity index (χ4v) is 1.03. The molecule has 1 atom stereocenters. The zero-order valence-electron chi connectivity index (χ0n) is 9.50. The van der Waals surface area contributed by atoms with E-state index in [0.29, 0.717) is 6.42 Å². The molecule has 1 N–H and O–H groups in total. The fourth-order valence-electron chi connectivity index (χ4n) is 1.03. The van der Waals surface area contributed by atoms with Gasteiger partial charge in [0.25, 0.3) is 0 Å². The van der Waals surface area contributed by atoms with Gasteiger partial charge in [-0.1, -0.05) is 11.6 Å². The number of carbonyl (C=O) groups is 1. The molecule has 0 spiro atoms. The summed E-state index contributed by atoms with van der Waals surface area (Å²) < 4.78 is 0. The van der Waals surface area contributed by atoms with Crippen LogP contribution in [0.2, 0.25) is 0 Å². The first-order valence-electron chi connectivity index (χ1n) is 4.89. The second kappa shape index (κ2) is 5.76. The molecule has 80 valence electrons. The van der Waals surface area contributed by atoms with E-state index in [4.69, 9.17) is 0 Å². The first-order chi connectivity index (χ1) is 6.33. The van der Waals surface area contributed by atoms with E-state index in [1.807, 2.05) is 13.8 Å². The van der Waals surface area contributed by atoms with Crippen molar-refractivity contribution in [2.75, 3.05) is 0 Å². The monoisotopic (exact) mass is 196 g/mol. The van der Waals surface area contributed by atoms with E-state index in [-0.39, 0.29) is 5.78 Å². The molecule has 14 heavy (non-hydrogen) atoms. The summed E-state index contributed by atoms with van der Waals surface area (Å²) in [6.07, 6.45) is 6.53. The summed E-state index contributed by atoms with van der Waals surface area (Å²) in [6, 6.07) is 0. The van der Waals surface area contributed by atoms with Crippen LogP contribution in [0.5, 0.6) is 0 Å². The maximum Gasteiger partial charge on any atom is 0.152 e. The van der Waals surface area contributed by atoms with Crippen LogP contribution in [0.3, 0.4) is 0 Å². The molecule has 0 aliphatic rings. The predicted molar refractivity (Wildman–Crippen MR) is 59.1 cm³/mol. The van der Waals surface area contributed by atoms with Crippen LogP contribution in [0.1, 0.15) is 40.5 Å². The van der Waals surface area contributed by atoms with Crippen molar-refractivity contribution >= 4 is 5.78 Å². The first-order valence-corrected chi connectivity index (χ1v) is 4.89. The van der Waals surface area contributed by atoms with Crippen LogP contribution >= 0.6 is 0 Å². The second-order valence-corrected chi connectivity index (χ2v) is 4.12. The van der Waals surface area contributed by atoms with Crippen molar-refractivity contribution in [1.82, 2.24) is 0 Å². The van der Waals surface area contributed by atoms with Crippen LogP contribution < -0.4 is 0 Å². The van der Waals surface area contributed by atoms with Gasteiger partial charge in [0, 0.05) is 0 Å². The van der Waals surface area contributed by atoms with Gasteiger partial charge in [-0.15, -0.1) is 0 Å². The van der Waals surface area contributed by atoms with Crippen molar-refractivity contribution in [3.63, 3.8) is 0 Å². The second-order valence-electron chi connectivity index (χ2n) is 4.12. The number of hydrogen-bond donors (Lipinski definition) is 1. The molecule has 0 saturated carbocycles. The third-order valence-electron chi connectivity index (χ3n) is 1.88. The molecular formula is C12H20O2. The average Bonchev–Trinajstić information content (AvgIpc) is 2.00. The quantitative estimate of drug-likeness (QED) is 0.542. The Morgan fingerprint density at radius 1 is 1.36 bits per heavy atom. The molecule has 0 aliphatic heterocycles. The molecule has 0 amide bonds. The predicted octanol–water partition coefficient (Wildman–Crippen LogP) is 2.63. The van der Waals surface area contributed by atoms with Gasteiger partial charge in [0.2, 0.25) is 0 Å². The minimum atomic E-state index is -0.877. The van der Waals surface area contributed by atoms with E-state index in [1.54, 1.807) is 13.0 Å². The Kier molecular flexibility index (Phi) is 5.39. The van der Waals surface area contributed by atoms with Gasteiger partial charge in [0.05, 0.1) is 5.60 Å². The van der Waals surface area contributed by atoms with E-state index >= 15 is 0 Å². The molecule has 0 aromatic rings. The van der Waals surface area contributed by atoms with Gasteiger partial charge in [0.1, 0.15) is 0 Å². The van der Waals surface area contributed by atoms with Crippen LogP contribution in [0.4, 0.5) is 0 Å². The molecule has 0 aromatic heterocycles. The summed E-state index contributed by atoms with van der Waals surface area (Å²) in [5, 5.41) is 9.81. The summed E-state index contributed by atoms with van der Waals surface area (Å²) in [6.45, 7) is 7.24. The molecule has 0 saturated heterocycles. The molecular weight excluding hydrogens is 176 g/mol. The van der Waals surface area contributed by atoms with Crippen molar-refractivity contribution in [2.24, 2.45) is 0 Å². The van der Waals surface area contributed by atoms with E-state index in [9.17, 15) is 9.90 Å². The molecule has 2 heteroatoms. The summed E-state index contributed by atoms with van der Waals surface area (Å²) in [7, 11) is 0. The number of carbonyl (C=O) groups excluding carboxylic acids is 1. The number of hydrogen-bond acceptors (Lipinski definition) is 2. The van der Waals surface area contributed by atoms with Crippen molar-refractivity contribution in [3.8, 4) is 0 Å². The van der Waals surface area contributed by atoms with Crippen molar-refractivity contribution < 1.29 is 9.90 Å². The molecule has 0 fully saturated rings. The number of ketones is 1. The van der Waals surface area contributed by atoms with Crippen LogP contribution in [0, 0.1) is 0 Å². The van der Waals surface area contributed by atoms with E-state index in [0.717, 1.165) is 6.42 Å². The Hall–Kier alpha value is -0.890. The first kappa shape index (κ1) is 13.1. The van der Waals surface area contributed by atoms with Crippen LogP contribution in [0.25, 0.3) is 0 Å². The van der Waals surface area contributed by atoms with Crippen LogP contribution in [0.15, 0.2) is 23.8 Å². The Bertz CT molecular complexity index is 243. The SMILES string of the molecule is CC(=O)C=CC(C)(O)CCC=C(C)C. The molecule has 0 bridgehead atoms. The Labute approximate surface area is 86.3 Å². The molecule has 1 unspecified atom stereocenters. The Balaban J connectivity index is 4.07. The molecule has 0 radical (unpaired) electrons. The standard InChI is InChI=1S/C12H20O2/c1-10(2)6-5-8-12(4,14)9-7-11(3)13/h6-7,9,14H,5,8H2,1-4H3. The van der Waals surface area contributed by atoms with Gasteiger partial charge in [-0.2, -0.15) is 0 Å². The van der Waals surface area contributed by atoms with Gasteiger partial charge in [-0.25, -0.2) is 0 Å². The molecule has 0 heterocycles. The van der Waals surface area contributed by atoms with Gasteiger partial charge >= 0.3 is 0 Å². The number of allylic oxidation sites excluding steroid dienone is 3. The van der Waals surface area contributed by atoms with Crippen LogP contribution in [-0.4, -0.2) is 16.5 Å². The summed E-state index contributed by atoms with van der Waals surface area (Å²) in [5.41, 5.74) is 0.369. The van der Waals surface area contributed by atoms with Crippen molar-refractivity contribution in [2.45, 2.75) is 46.1 Å². The minimum Gasteiger partial charge on any atom is -0.386 e. The van der Waals surface area contributed by atoms with E-state index in [2.05, 4.69) is 6.08 Å². The maximum absolute atomic E-state index is 10.7. The maximum atomic E-state index is 10.7. The van der Waals surface area contributed by atoms with Gasteiger partial charge in [0.15, 0.2) is 5.78 Å². The highest BCUT2D eigenvalue weighted by molar-refractivity contribution is 5.87. The Morgan fingerprint density at radius 2 is 1.93 bits per heavy atom. The fraction of sp³-hybridized carbons (Fsp3) is 0.583. The lowest BCUT2D eigenvalue weighted by Crippen LogP contribution is -2.20. The molecule has 2 nitrogen and oxygen atoms in total. The highest BCUT2D eigenvalue weighted by atomic mass is 16.3. The third-order valence-corrected chi connectivity index (χ3v) is 1.88. The number of aliphatic hydroxyl groups is 1. The lowest BCUT2D eigenvalue weighted by atomic mass is 9.98. The average molecular weight is 196 g/mol. The molecule has 0 aliphatic carbocycles. The number of rotatable bonds is 5. The van der Waals surface area contributed by atoms with E-state index in [1.165, 1.54) is 18.6 Å². The normalized spacial score (nSPS) is 15.2. The summed E-state index contributed by atoms with van der Waals surface area (Å²) >= 11 is 0. The van der Waals surface area contributed by atoms with Gasteiger partial charge in [-0.3, -0.25) is 4.79 Å². The molecule has 0 aromatic carbocycles. The largest absolute Gasteiger partial charge is 0.386 e.